The van der Waals surface area contributed by atoms with Crippen LogP contribution >= 0.6 is 12.6 Å². The predicted octanol–water partition coefficient (Wildman–Crippen LogP) is 1.56. The second-order valence-electron chi connectivity index (χ2n) is 2.95. The molecule has 58 valence electrons. The van der Waals surface area contributed by atoms with E-state index in [-0.39, 0.29) is 0 Å². The summed E-state index contributed by atoms with van der Waals surface area (Å²) in [6.07, 6.45) is 3.72. The number of aliphatic carboxylic acids is 1. The summed E-state index contributed by atoms with van der Waals surface area (Å²) in [6, 6.07) is 0. The minimum Gasteiger partial charge on any atom is -0.481 e. The van der Waals surface area contributed by atoms with E-state index >= 15 is 0 Å². The Balaban J connectivity index is 2.67. The maximum atomic E-state index is 10.7. The van der Waals surface area contributed by atoms with Gasteiger partial charge in [0.25, 0.3) is 0 Å². The Morgan fingerprint density at radius 2 is 2.00 bits per heavy atom. The van der Waals surface area contributed by atoms with Gasteiger partial charge in [0.15, 0.2) is 0 Å². The summed E-state index contributed by atoms with van der Waals surface area (Å²) in [5.41, 5.74) is -0.483. The van der Waals surface area contributed by atoms with Crippen LogP contribution in [-0.2, 0) is 4.79 Å². The van der Waals surface area contributed by atoms with E-state index in [2.05, 4.69) is 12.6 Å². The number of rotatable bonds is 2. The maximum Gasteiger partial charge on any atom is 0.310 e. The summed E-state index contributed by atoms with van der Waals surface area (Å²) in [6.45, 7) is 0. The highest BCUT2D eigenvalue weighted by Crippen LogP contribution is 2.38. The number of thiol groups is 1. The zero-order valence-electron chi connectivity index (χ0n) is 5.84. The average molecular weight is 160 g/mol. The van der Waals surface area contributed by atoms with Crippen LogP contribution in [0.5, 0.6) is 0 Å². The Bertz CT molecular complexity index is 139. The van der Waals surface area contributed by atoms with Crippen LogP contribution < -0.4 is 0 Å². The molecule has 0 bridgehead atoms. The van der Waals surface area contributed by atoms with Crippen LogP contribution in [0.4, 0.5) is 0 Å². The van der Waals surface area contributed by atoms with E-state index in [1.54, 1.807) is 0 Å². The molecule has 0 saturated heterocycles. The van der Waals surface area contributed by atoms with Gasteiger partial charge in [0.1, 0.15) is 0 Å². The first-order valence-electron chi connectivity index (χ1n) is 3.55. The van der Waals surface area contributed by atoms with E-state index in [9.17, 15) is 4.79 Å². The minimum atomic E-state index is -0.667. The maximum absolute atomic E-state index is 10.7. The van der Waals surface area contributed by atoms with Crippen LogP contribution in [0.15, 0.2) is 0 Å². The fraction of sp³-hybridized carbons (Fsp3) is 0.857. The highest BCUT2D eigenvalue weighted by Gasteiger charge is 2.39. The zero-order valence-corrected chi connectivity index (χ0v) is 6.73. The molecular formula is C7H12O2S. The van der Waals surface area contributed by atoms with E-state index < -0.39 is 11.4 Å². The second-order valence-corrected chi connectivity index (χ2v) is 3.27. The molecule has 1 fully saturated rings. The van der Waals surface area contributed by atoms with Gasteiger partial charge in [-0.3, -0.25) is 4.79 Å². The highest BCUT2D eigenvalue weighted by molar-refractivity contribution is 7.80. The van der Waals surface area contributed by atoms with Crippen molar-refractivity contribution in [1.29, 1.82) is 0 Å². The lowest BCUT2D eigenvalue weighted by Gasteiger charge is -2.19. The average Bonchev–Trinajstić information content (AvgIpc) is 2.35. The summed E-state index contributed by atoms with van der Waals surface area (Å²) in [4.78, 5) is 10.7. The highest BCUT2D eigenvalue weighted by atomic mass is 32.1. The first-order chi connectivity index (χ1) is 4.71. The van der Waals surface area contributed by atoms with E-state index in [0.717, 1.165) is 25.7 Å². The Hall–Kier alpha value is -0.180. The van der Waals surface area contributed by atoms with Gasteiger partial charge in [0, 0.05) is 5.75 Å². The van der Waals surface area contributed by atoms with Crippen molar-refractivity contribution in [3.05, 3.63) is 0 Å². The van der Waals surface area contributed by atoms with Gasteiger partial charge in [-0.2, -0.15) is 12.6 Å². The monoisotopic (exact) mass is 160 g/mol. The summed E-state index contributed by atoms with van der Waals surface area (Å²) in [5, 5.41) is 8.81. The summed E-state index contributed by atoms with van der Waals surface area (Å²) >= 11 is 4.06. The molecule has 0 atom stereocenters. The Kier molecular flexibility index (Phi) is 2.24. The smallest absolute Gasteiger partial charge is 0.310 e. The van der Waals surface area contributed by atoms with Gasteiger partial charge in [-0.05, 0) is 12.8 Å². The molecule has 0 aromatic carbocycles. The third-order valence-corrected chi connectivity index (χ3v) is 2.92. The van der Waals surface area contributed by atoms with Gasteiger partial charge < -0.3 is 5.11 Å². The molecule has 0 unspecified atom stereocenters. The predicted molar refractivity (Wildman–Crippen MR) is 42.4 cm³/mol. The molecule has 2 nitrogen and oxygen atoms in total. The van der Waals surface area contributed by atoms with Crippen molar-refractivity contribution in [1.82, 2.24) is 0 Å². The summed E-state index contributed by atoms with van der Waals surface area (Å²) in [7, 11) is 0. The molecule has 1 saturated carbocycles. The van der Waals surface area contributed by atoms with Crippen LogP contribution in [0.1, 0.15) is 25.7 Å². The molecule has 1 N–H and O–H groups in total. The van der Waals surface area contributed by atoms with Gasteiger partial charge in [-0.25, -0.2) is 0 Å². The first kappa shape index (κ1) is 7.92. The van der Waals surface area contributed by atoms with E-state index in [4.69, 9.17) is 5.11 Å². The van der Waals surface area contributed by atoms with Crippen LogP contribution in [0.25, 0.3) is 0 Å². The van der Waals surface area contributed by atoms with E-state index in [1.165, 1.54) is 0 Å². The quantitative estimate of drug-likeness (QED) is 0.601. The standard InChI is InChI=1S/C7H12O2S/c8-6(9)7(5-10)3-1-2-4-7/h10H,1-5H2,(H,8,9). The molecule has 0 spiro atoms. The van der Waals surface area contributed by atoms with Gasteiger partial charge in [0.2, 0.25) is 0 Å². The molecule has 0 radical (unpaired) electrons. The Morgan fingerprint density at radius 3 is 2.20 bits per heavy atom. The molecule has 0 aromatic heterocycles. The van der Waals surface area contributed by atoms with Crippen molar-refractivity contribution >= 4 is 18.6 Å². The van der Waals surface area contributed by atoms with Crippen LogP contribution in [0, 0.1) is 5.41 Å². The van der Waals surface area contributed by atoms with Crippen molar-refractivity contribution in [2.45, 2.75) is 25.7 Å². The summed E-state index contributed by atoms with van der Waals surface area (Å²) < 4.78 is 0. The van der Waals surface area contributed by atoms with Crippen molar-refractivity contribution in [3.8, 4) is 0 Å². The third-order valence-electron chi connectivity index (χ3n) is 2.32. The van der Waals surface area contributed by atoms with Crippen LogP contribution in [0.3, 0.4) is 0 Å². The lowest BCUT2D eigenvalue weighted by Crippen LogP contribution is -2.29. The second kappa shape index (κ2) is 2.82. The summed E-state index contributed by atoms with van der Waals surface area (Å²) in [5.74, 6) is -0.178. The number of hydrogen-bond donors (Lipinski definition) is 2. The number of hydrogen-bond acceptors (Lipinski definition) is 2. The molecule has 0 heterocycles. The third kappa shape index (κ3) is 1.15. The Morgan fingerprint density at radius 1 is 1.50 bits per heavy atom. The van der Waals surface area contributed by atoms with Crippen molar-refractivity contribution < 1.29 is 9.90 Å². The number of carbonyl (C=O) groups is 1. The van der Waals surface area contributed by atoms with E-state index in [0.29, 0.717) is 5.75 Å². The van der Waals surface area contributed by atoms with E-state index in [1.807, 2.05) is 0 Å². The van der Waals surface area contributed by atoms with Gasteiger partial charge >= 0.3 is 5.97 Å². The molecule has 1 rings (SSSR count). The first-order valence-corrected chi connectivity index (χ1v) is 4.19. The van der Waals surface area contributed by atoms with Crippen LogP contribution in [0.2, 0.25) is 0 Å². The van der Waals surface area contributed by atoms with Crippen molar-refractivity contribution in [2.75, 3.05) is 5.75 Å². The largest absolute Gasteiger partial charge is 0.481 e. The molecule has 0 aromatic rings. The lowest BCUT2D eigenvalue weighted by atomic mass is 9.89. The van der Waals surface area contributed by atoms with Gasteiger partial charge in [0.05, 0.1) is 5.41 Å². The number of carboxylic acids is 1. The zero-order chi connectivity index (χ0) is 7.61. The SMILES string of the molecule is O=C(O)C1(CS)CCCC1. The lowest BCUT2D eigenvalue weighted by molar-refractivity contribution is -0.147. The van der Waals surface area contributed by atoms with Crippen molar-refractivity contribution in [3.63, 3.8) is 0 Å². The molecule has 10 heavy (non-hydrogen) atoms. The molecule has 1 aliphatic carbocycles. The Labute approximate surface area is 66.0 Å². The molecule has 0 amide bonds. The minimum absolute atomic E-state index is 0.483. The number of carboxylic acid groups (broad SMARTS) is 1. The molecule has 1 aliphatic rings. The topological polar surface area (TPSA) is 37.3 Å². The van der Waals surface area contributed by atoms with Gasteiger partial charge in [-0.15, -0.1) is 0 Å². The molecular weight excluding hydrogens is 148 g/mol. The van der Waals surface area contributed by atoms with Crippen LogP contribution in [-0.4, -0.2) is 16.8 Å². The fourth-order valence-corrected chi connectivity index (χ4v) is 1.94. The van der Waals surface area contributed by atoms with Crippen molar-refractivity contribution in [2.24, 2.45) is 5.41 Å². The normalized spacial score (nSPS) is 22.9. The van der Waals surface area contributed by atoms with Gasteiger partial charge in [-0.1, -0.05) is 12.8 Å². The molecule has 0 aliphatic heterocycles. The molecule has 3 heteroatoms. The fourth-order valence-electron chi connectivity index (χ4n) is 1.49.